The van der Waals surface area contributed by atoms with Gasteiger partial charge < -0.3 is 14.8 Å². The summed E-state index contributed by atoms with van der Waals surface area (Å²) in [4.78, 5) is 13.0. The summed E-state index contributed by atoms with van der Waals surface area (Å²) in [5.41, 5.74) is 3.27. The van der Waals surface area contributed by atoms with E-state index in [9.17, 15) is 4.79 Å². The molecule has 30 heavy (non-hydrogen) atoms. The van der Waals surface area contributed by atoms with E-state index in [4.69, 9.17) is 9.47 Å². The molecule has 0 amide bonds. The van der Waals surface area contributed by atoms with Crippen molar-refractivity contribution in [2.45, 2.75) is 58.1 Å². The van der Waals surface area contributed by atoms with Crippen molar-refractivity contribution in [2.75, 3.05) is 13.7 Å². The zero-order valence-electron chi connectivity index (χ0n) is 18.5. The van der Waals surface area contributed by atoms with Crippen LogP contribution in [0.3, 0.4) is 0 Å². The lowest BCUT2D eigenvalue weighted by molar-refractivity contribution is -0.129. The van der Waals surface area contributed by atoms with Gasteiger partial charge in [0.15, 0.2) is 11.5 Å². The molecule has 1 aliphatic heterocycles. The number of piperidine rings is 1. The van der Waals surface area contributed by atoms with Crippen molar-refractivity contribution in [1.82, 2.24) is 5.32 Å². The maximum atomic E-state index is 13.0. The Bertz CT molecular complexity index is 910. The van der Waals surface area contributed by atoms with E-state index in [0.717, 1.165) is 36.4 Å². The topological polar surface area (TPSA) is 47.6 Å². The lowest BCUT2D eigenvalue weighted by Crippen LogP contribution is -2.57. The van der Waals surface area contributed by atoms with E-state index in [0.29, 0.717) is 30.8 Å². The number of nitrogens with one attached hydrogen (secondary N) is 1. The van der Waals surface area contributed by atoms with Crippen LogP contribution in [0.25, 0.3) is 0 Å². The Labute approximate surface area is 180 Å². The van der Waals surface area contributed by atoms with Crippen molar-refractivity contribution in [1.29, 1.82) is 0 Å². The fourth-order valence-electron chi connectivity index (χ4n) is 5.69. The number of ether oxygens (including phenoxy) is 2. The van der Waals surface area contributed by atoms with Crippen molar-refractivity contribution >= 4 is 5.78 Å². The summed E-state index contributed by atoms with van der Waals surface area (Å²) in [5, 5.41) is 3.65. The Hall–Kier alpha value is -2.33. The molecule has 4 rings (SSSR count). The van der Waals surface area contributed by atoms with E-state index < -0.39 is 0 Å². The molecule has 1 N–H and O–H groups in total. The molecule has 2 aliphatic rings. The van der Waals surface area contributed by atoms with Gasteiger partial charge in [0.1, 0.15) is 12.4 Å². The standard InChI is InChI=1S/C26H33NO3/c1-17-10-11-23(29-4)25(30-16-20-8-6-5-7-9-20)24(17)26-12-13-27-19(3)21(26)14-18(2)22(28)15-26/h5-11,18-19,21,27H,12-16H2,1-4H3/t18?,19-,21+,26+/m0/s1. The average Bonchev–Trinajstić information content (AvgIpc) is 2.74. The van der Waals surface area contributed by atoms with Gasteiger partial charge in [0.2, 0.25) is 0 Å². The number of rotatable bonds is 5. The number of methoxy groups -OCH3 is 1. The predicted molar refractivity (Wildman–Crippen MR) is 119 cm³/mol. The Kier molecular flexibility index (Phi) is 5.88. The number of Topliss-reactive ketones (excluding diaryl/α,β-unsaturated/α-hetero) is 1. The molecule has 2 aromatic rings. The van der Waals surface area contributed by atoms with Crippen molar-refractivity contribution in [3.8, 4) is 11.5 Å². The minimum atomic E-state index is -0.209. The normalized spacial score (nSPS) is 28.7. The van der Waals surface area contributed by atoms with Gasteiger partial charge in [0, 0.05) is 29.4 Å². The van der Waals surface area contributed by atoms with Crippen molar-refractivity contribution < 1.29 is 14.3 Å². The molecule has 4 heteroatoms. The van der Waals surface area contributed by atoms with Gasteiger partial charge in [-0.15, -0.1) is 0 Å². The first-order chi connectivity index (χ1) is 14.5. The number of ketones is 1. The van der Waals surface area contributed by atoms with Gasteiger partial charge in [0.25, 0.3) is 0 Å². The van der Waals surface area contributed by atoms with Crippen molar-refractivity contribution in [3.05, 3.63) is 59.2 Å². The van der Waals surface area contributed by atoms with Gasteiger partial charge in [-0.3, -0.25) is 4.79 Å². The molecular formula is C26H33NO3. The quantitative estimate of drug-likeness (QED) is 0.772. The maximum Gasteiger partial charge on any atom is 0.165 e. The highest BCUT2D eigenvalue weighted by atomic mass is 16.5. The van der Waals surface area contributed by atoms with E-state index in [1.165, 1.54) is 11.1 Å². The van der Waals surface area contributed by atoms with Crippen LogP contribution in [0, 0.1) is 18.8 Å². The molecule has 0 radical (unpaired) electrons. The van der Waals surface area contributed by atoms with E-state index in [2.05, 4.69) is 44.3 Å². The molecule has 4 atom stereocenters. The number of hydrogen-bond acceptors (Lipinski definition) is 4. The van der Waals surface area contributed by atoms with Crippen molar-refractivity contribution in [2.24, 2.45) is 11.8 Å². The van der Waals surface area contributed by atoms with Crippen LogP contribution in [0.15, 0.2) is 42.5 Å². The molecule has 1 saturated carbocycles. The fourth-order valence-corrected chi connectivity index (χ4v) is 5.69. The highest BCUT2D eigenvalue weighted by molar-refractivity contribution is 5.84. The number of aryl methyl sites for hydroxylation is 1. The highest BCUT2D eigenvalue weighted by Crippen LogP contribution is 2.54. The van der Waals surface area contributed by atoms with Gasteiger partial charge in [-0.1, -0.05) is 43.3 Å². The molecule has 1 aliphatic carbocycles. The molecular weight excluding hydrogens is 374 g/mol. The third-order valence-electron chi connectivity index (χ3n) is 7.27. The summed E-state index contributed by atoms with van der Waals surface area (Å²) in [5.74, 6) is 2.44. The van der Waals surface area contributed by atoms with E-state index >= 15 is 0 Å². The second-order valence-corrected chi connectivity index (χ2v) is 9.10. The van der Waals surface area contributed by atoms with Gasteiger partial charge in [-0.05, 0) is 56.3 Å². The minimum absolute atomic E-state index is 0.116. The van der Waals surface area contributed by atoms with Crippen LogP contribution in [0.5, 0.6) is 11.5 Å². The van der Waals surface area contributed by atoms with E-state index in [-0.39, 0.29) is 11.3 Å². The summed E-state index contributed by atoms with van der Waals surface area (Å²) in [6, 6.07) is 14.7. The van der Waals surface area contributed by atoms with E-state index in [1.54, 1.807) is 7.11 Å². The zero-order valence-corrected chi connectivity index (χ0v) is 18.5. The zero-order chi connectivity index (χ0) is 21.3. The second-order valence-electron chi connectivity index (χ2n) is 9.10. The monoisotopic (exact) mass is 407 g/mol. The summed E-state index contributed by atoms with van der Waals surface area (Å²) < 4.78 is 12.2. The molecule has 160 valence electrons. The molecule has 0 bridgehead atoms. The summed E-state index contributed by atoms with van der Waals surface area (Å²) in [7, 11) is 1.69. The summed E-state index contributed by atoms with van der Waals surface area (Å²) >= 11 is 0. The highest BCUT2D eigenvalue weighted by Gasteiger charge is 2.52. The molecule has 4 nitrogen and oxygen atoms in total. The van der Waals surface area contributed by atoms with Gasteiger partial charge in [-0.2, -0.15) is 0 Å². The fraction of sp³-hybridized carbons (Fsp3) is 0.500. The van der Waals surface area contributed by atoms with Crippen molar-refractivity contribution in [3.63, 3.8) is 0 Å². The van der Waals surface area contributed by atoms with Crippen LogP contribution < -0.4 is 14.8 Å². The van der Waals surface area contributed by atoms with Crippen LogP contribution in [-0.2, 0) is 16.8 Å². The van der Waals surface area contributed by atoms with Gasteiger partial charge in [-0.25, -0.2) is 0 Å². The Morgan fingerprint density at radius 1 is 1.13 bits per heavy atom. The molecule has 1 unspecified atom stereocenters. The number of benzene rings is 2. The number of carbonyl (C=O) groups excluding carboxylic acids is 1. The van der Waals surface area contributed by atoms with Crippen LogP contribution in [0.4, 0.5) is 0 Å². The first-order valence-corrected chi connectivity index (χ1v) is 11.1. The Morgan fingerprint density at radius 3 is 2.63 bits per heavy atom. The first-order valence-electron chi connectivity index (χ1n) is 11.1. The minimum Gasteiger partial charge on any atom is -0.493 e. The average molecular weight is 408 g/mol. The number of fused-ring (bicyclic) bond motifs is 1. The molecule has 1 saturated heterocycles. The summed E-state index contributed by atoms with van der Waals surface area (Å²) in [6.07, 6.45) is 2.44. The van der Waals surface area contributed by atoms with Crippen LogP contribution >= 0.6 is 0 Å². The summed E-state index contributed by atoms with van der Waals surface area (Å²) in [6.45, 7) is 7.88. The van der Waals surface area contributed by atoms with Crippen LogP contribution in [0.2, 0.25) is 0 Å². The molecule has 0 spiro atoms. The molecule has 1 heterocycles. The molecule has 2 fully saturated rings. The largest absolute Gasteiger partial charge is 0.493 e. The smallest absolute Gasteiger partial charge is 0.165 e. The molecule has 0 aromatic heterocycles. The van der Waals surface area contributed by atoms with E-state index in [1.807, 2.05) is 24.3 Å². The predicted octanol–water partition coefficient (Wildman–Crippen LogP) is 4.82. The third kappa shape index (κ3) is 3.62. The van der Waals surface area contributed by atoms with Gasteiger partial charge >= 0.3 is 0 Å². The number of carbonyl (C=O) groups is 1. The lowest BCUT2D eigenvalue weighted by atomic mass is 9.54. The second kappa shape index (κ2) is 8.43. The van der Waals surface area contributed by atoms with Crippen LogP contribution in [0.1, 0.15) is 49.8 Å². The first kappa shape index (κ1) is 20.9. The lowest BCUT2D eigenvalue weighted by Gasteiger charge is -2.52. The SMILES string of the molecule is COc1ccc(C)c([C@@]23CCN[C@@H](C)[C@H]2CC(C)C(=O)C3)c1OCc1ccccc1. The van der Waals surface area contributed by atoms with Gasteiger partial charge in [0.05, 0.1) is 7.11 Å². The maximum absolute atomic E-state index is 13.0. The Morgan fingerprint density at radius 2 is 1.90 bits per heavy atom. The molecule has 2 aromatic carbocycles. The third-order valence-corrected chi connectivity index (χ3v) is 7.27. The number of hydrogen-bond donors (Lipinski definition) is 1. The van der Waals surface area contributed by atoms with Crippen LogP contribution in [-0.4, -0.2) is 25.5 Å². The Balaban J connectivity index is 1.82.